The van der Waals surface area contributed by atoms with Crippen LogP contribution in [0.15, 0.2) is 42.7 Å². The molecule has 1 aromatic heterocycles. The van der Waals surface area contributed by atoms with E-state index in [0.717, 1.165) is 31.7 Å². The van der Waals surface area contributed by atoms with Crippen molar-refractivity contribution in [2.24, 2.45) is 0 Å². The van der Waals surface area contributed by atoms with Crippen LogP contribution in [0.25, 0.3) is 0 Å². The lowest BCUT2D eigenvalue weighted by Crippen LogP contribution is -2.39. The first-order chi connectivity index (χ1) is 10.1. The van der Waals surface area contributed by atoms with Gasteiger partial charge < -0.3 is 10.1 Å². The van der Waals surface area contributed by atoms with Crippen molar-refractivity contribution in [2.75, 3.05) is 6.54 Å². The van der Waals surface area contributed by atoms with Crippen molar-refractivity contribution in [1.29, 1.82) is 0 Å². The molecule has 0 fully saturated rings. The van der Waals surface area contributed by atoms with Crippen LogP contribution in [0.3, 0.4) is 0 Å². The Labute approximate surface area is 126 Å². The highest BCUT2D eigenvalue weighted by molar-refractivity contribution is 5.38. The molecule has 21 heavy (non-hydrogen) atoms. The summed E-state index contributed by atoms with van der Waals surface area (Å²) in [4.78, 5) is 0. The molecule has 0 aliphatic carbocycles. The first kappa shape index (κ1) is 14.1. The molecule has 112 valence electrons. The second-order valence-electron chi connectivity index (χ2n) is 6.23. The van der Waals surface area contributed by atoms with Gasteiger partial charge in [-0.2, -0.15) is 5.10 Å². The number of nitrogens with zero attached hydrogens (tertiary/aromatic N) is 2. The van der Waals surface area contributed by atoms with Crippen molar-refractivity contribution in [1.82, 2.24) is 15.1 Å². The molecule has 1 N–H and O–H groups in total. The summed E-state index contributed by atoms with van der Waals surface area (Å²) < 4.78 is 8.04. The van der Waals surface area contributed by atoms with Crippen LogP contribution in [0.5, 0.6) is 5.75 Å². The topological polar surface area (TPSA) is 39.1 Å². The normalized spacial score (nSPS) is 19.8. The lowest BCUT2D eigenvalue weighted by atomic mass is 9.89. The van der Waals surface area contributed by atoms with E-state index < -0.39 is 0 Å². The van der Waals surface area contributed by atoms with Gasteiger partial charge in [0, 0.05) is 37.0 Å². The number of rotatable bonds is 5. The van der Waals surface area contributed by atoms with Crippen LogP contribution in [-0.4, -0.2) is 21.9 Å². The van der Waals surface area contributed by atoms with Gasteiger partial charge in [0.15, 0.2) is 0 Å². The van der Waals surface area contributed by atoms with E-state index >= 15 is 0 Å². The number of aromatic nitrogens is 2. The van der Waals surface area contributed by atoms with Gasteiger partial charge in [-0.15, -0.1) is 0 Å². The fourth-order valence-corrected chi connectivity index (χ4v) is 2.93. The summed E-state index contributed by atoms with van der Waals surface area (Å²) in [5.41, 5.74) is 1.16. The Kier molecular flexibility index (Phi) is 3.97. The fourth-order valence-electron chi connectivity index (χ4n) is 2.93. The van der Waals surface area contributed by atoms with E-state index in [4.69, 9.17) is 4.74 Å². The minimum Gasteiger partial charge on any atom is -0.487 e. The number of benzene rings is 1. The second kappa shape index (κ2) is 5.90. The maximum absolute atomic E-state index is 6.06. The van der Waals surface area contributed by atoms with Gasteiger partial charge in [-0.25, -0.2) is 0 Å². The van der Waals surface area contributed by atoms with Crippen LogP contribution in [0.2, 0.25) is 0 Å². The molecule has 3 rings (SSSR count). The number of fused-ring (bicyclic) bond motifs is 1. The molecular formula is C17H23N3O. The van der Waals surface area contributed by atoms with Crippen LogP contribution >= 0.6 is 0 Å². The van der Waals surface area contributed by atoms with E-state index in [9.17, 15) is 0 Å². The van der Waals surface area contributed by atoms with E-state index in [0.29, 0.717) is 6.04 Å². The molecule has 0 saturated heterocycles. The third-order valence-electron chi connectivity index (χ3n) is 3.89. The van der Waals surface area contributed by atoms with Crippen molar-refractivity contribution >= 4 is 0 Å². The Hall–Kier alpha value is -1.81. The molecule has 2 aromatic rings. The molecule has 1 aliphatic rings. The SMILES string of the molecule is CC1(C)CC(NCCCn2cccn2)c2ccccc2O1. The molecule has 4 heteroatoms. The third kappa shape index (κ3) is 3.45. The lowest BCUT2D eigenvalue weighted by molar-refractivity contribution is 0.0660. The average molecular weight is 285 g/mol. The van der Waals surface area contributed by atoms with E-state index in [1.807, 2.05) is 29.2 Å². The summed E-state index contributed by atoms with van der Waals surface area (Å²) >= 11 is 0. The quantitative estimate of drug-likeness (QED) is 0.858. The first-order valence-electron chi connectivity index (χ1n) is 7.63. The third-order valence-corrected chi connectivity index (χ3v) is 3.89. The molecule has 4 nitrogen and oxygen atoms in total. The van der Waals surface area contributed by atoms with Gasteiger partial charge in [0.2, 0.25) is 0 Å². The average Bonchev–Trinajstić information content (AvgIpc) is 2.95. The minimum absolute atomic E-state index is 0.117. The van der Waals surface area contributed by atoms with Gasteiger partial charge in [-0.3, -0.25) is 4.68 Å². The highest BCUT2D eigenvalue weighted by Crippen LogP contribution is 2.39. The largest absolute Gasteiger partial charge is 0.487 e. The standard InChI is InChI=1S/C17H23N3O/c1-17(2)13-15(14-7-3-4-8-16(14)21-17)18-9-5-11-20-12-6-10-19-20/h3-4,6-8,10,12,15,18H,5,9,11,13H2,1-2H3. The monoisotopic (exact) mass is 285 g/mol. The lowest BCUT2D eigenvalue weighted by Gasteiger charge is -2.38. The molecule has 1 unspecified atom stereocenters. The Morgan fingerprint density at radius 3 is 3.00 bits per heavy atom. The molecule has 0 spiro atoms. The van der Waals surface area contributed by atoms with Crippen molar-refractivity contribution in [3.05, 3.63) is 48.3 Å². The maximum Gasteiger partial charge on any atom is 0.124 e. The summed E-state index contributed by atoms with van der Waals surface area (Å²) in [6.07, 6.45) is 5.89. The van der Waals surface area contributed by atoms with E-state index in [-0.39, 0.29) is 5.60 Å². The second-order valence-corrected chi connectivity index (χ2v) is 6.23. The van der Waals surface area contributed by atoms with Gasteiger partial charge in [-0.1, -0.05) is 18.2 Å². The fraction of sp³-hybridized carbons (Fsp3) is 0.471. The van der Waals surface area contributed by atoms with Gasteiger partial charge >= 0.3 is 0 Å². The van der Waals surface area contributed by atoms with E-state index in [2.05, 4.69) is 42.5 Å². The van der Waals surface area contributed by atoms with E-state index in [1.165, 1.54) is 5.56 Å². The van der Waals surface area contributed by atoms with Gasteiger partial charge in [0.05, 0.1) is 0 Å². The van der Waals surface area contributed by atoms with Crippen LogP contribution in [0.1, 0.15) is 38.3 Å². The highest BCUT2D eigenvalue weighted by Gasteiger charge is 2.32. The molecule has 0 radical (unpaired) electrons. The minimum atomic E-state index is -0.117. The Morgan fingerprint density at radius 1 is 1.33 bits per heavy atom. The number of para-hydroxylation sites is 1. The first-order valence-corrected chi connectivity index (χ1v) is 7.63. The Balaban J connectivity index is 1.59. The van der Waals surface area contributed by atoms with Crippen molar-refractivity contribution in [3.8, 4) is 5.75 Å². The number of hydrogen-bond donors (Lipinski definition) is 1. The van der Waals surface area contributed by atoms with Crippen molar-refractivity contribution in [2.45, 2.75) is 44.9 Å². The smallest absolute Gasteiger partial charge is 0.124 e. The zero-order valence-electron chi connectivity index (χ0n) is 12.7. The predicted molar refractivity (Wildman–Crippen MR) is 83.4 cm³/mol. The van der Waals surface area contributed by atoms with Crippen molar-refractivity contribution in [3.63, 3.8) is 0 Å². The predicted octanol–water partition coefficient (Wildman–Crippen LogP) is 3.17. The number of ether oxygens (including phenoxy) is 1. The Bertz CT molecular complexity index is 577. The molecule has 1 aliphatic heterocycles. The van der Waals surface area contributed by atoms with Crippen LogP contribution in [-0.2, 0) is 6.54 Å². The number of hydrogen-bond acceptors (Lipinski definition) is 3. The summed E-state index contributed by atoms with van der Waals surface area (Å²) in [5, 5.41) is 7.90. The Morgan fingerprint density at radius 2 is 2.19 bits per heavy atom. The molecule has 0 saturated carbocycles. The molecule has 0 bridgehead atoms. The van der Waals surface area contributed by atoms with Crippen LogP contribution in [0, 0.1) is 0 Å². The summed E-state index contributed by atoms with van der Waals surface area (Å²) in [5.74, 6) is 1.01. The van der Waals surface area contributed by atoms with Crippen LogP contribution in [0.4, 0.5) is 0 Å². The molecular weight excluding hydrogens is 262 g/mol. The van der Waals surface area contributed by atoms with Crippen molar-refractivity contribution < 1.29 is 4.74 Å². The summed E-state index contributed by atoms with van der Waals surface area (Å²) in [7, 11) is 0. The van der Waals surface area contributed by atoms with Gasteiger partial charge in [0.1, 0.15) is 11.4 Å². The maximum atomic E-state index is 6.06. The van der Waals surface area contributed by atoms with E-state index in [1.54, 1.807) is 0 Å². The summed E-state index contributed by atoms with van der Waals surface area (Å²) in [6.45, 7) is 6.24. The highest BCUT2D eigenvalue weighted by atomic mass is 16.5. The summed E-state index contributed by atoms with van der Waals surface area (Å²) in [6, 6.07) is 10.7. The van der Waals surface area contributed by atoms with Crippen LogP contribution < -0.4 is 10.1 Å². The zero-order chi connectivity index (χ0) is 14.7. The van der Waals surface area contributed by atoms with Gasteiger partial charge in [-0.05, 0) is 38.9 Å². The zero-order valence-corrected chi connectivity index (χ0v) is 12.7. The molecule has 0 amide bonds. The molecule has 1 atom stereocenters. The number of nitrogens with one attached hydrogen (secondary N) is 1. The number of aryl methyl sites for hydroxylation is 1. The molecule has 1 aromatic carbocycles. The molecule has 2 heterocycles. The van der Waals surface area contributed by atoms with Gasteiger partial charge in [0.25, 0.3) is 0 Å².